The molecule has 1 heterocycles. The van der Waals surface area contributed by atoms with Gasteiger partial charge in [0.15, 0.2) is 6.61 Å². The lowest BCUT2D eigenvalue weighted by Crippen LogP contribution is -2.51. The Bertz CT molecular complexity index is 928. The van der Waals surface area contributed by atoms with E-state index in [0.717, 1.165) is 12.1 Å². The van der Waals surface area contributed by atoms with Crippen LogP contribution in [0.15, 0.2) is 48.5 Å². The van der Waals surface area contributed by atoms with Crippen LogP contribution in [0.5, 0.6) is 5.75 Å². The van der Waals surface area contributed by atoms with Crippen molar-refractivity contribution >= 4 is 17.5 Å². The summed E-state index contributed by atoms with van der Waals surface area (Å²) >= 11 is 0. The van der Waals surface area contributed by atoms with Crippen molar-refractivity contribution in [2.24, 2.45) is 0 Å². The van der Waals surface area contributed by atoms with Crippen molar-refractivity contribution in [1.82, 2.24) is 9.80 Å². The van der Waals surface area contributed by atoms with Crippen molar-refractivity contribution in [2.45, 2.75) is 6.18 Å². The van der Waals surface area contributed by atoms with Crippen LogP contribution < -0.4 is 10.1 Å². The van der Waals surface area contributed by atoms with Crippen LogP contribution in [-0.4, -0.2) is 60.9 Å². The third kappa shape index (κ3) is 6.68. The average molecular weight is 439 g/mol. The topological polar surface area (TPSA) is 61.9 Å². The van der Waals surface area contributed by atoms with E-state index >= 15 is 0 Å². The number of anilines is 1. The Morgan fingerprint density at radius 1 is 1.00 bits per heavy atom. The summed E-state index contributed by atoms with van der Waals surface area (Å²) in [5.74, 6) is -1.12. The number of rotatable bonds is 6. The maximum Gasteiger partial charge on any atom is 0.416 e. The van der Waals surface area contributed by atoms with Gasteiger partial charge in [-0.3, -0.25) is 14.5 Å². The van der Waals surface area contributed by atoms with Crippen LogP contribution in [0.4, 0.5) is 23.2 Å². The van der Waals surface area contributed by atoms with Gasteiger partial charge in [0.25, 0.3) is 5.91 Å². The number of hydrogen-bond acceptors (Lipinski definition) is 4. The number of ether oxygens (including phenoxy) is 1. The molecule has 2 amide bonds. The van der Waals surface area contributed by atoms with E-state index in [-0.39, 0.29) is 30.7 Å². The summed E-state index contributed by atoms with van der Waals surface area (Å²) in [5, 5.41) is 2.62. The molecule has 166 valence electrons. The molecule has 0 bridgehead atoms. The number of benzene rings is 2. The fourth-order valence-electron chi connectivity index (χ4n) is 3.12. The second-order valence-electron chi connectivity index (χ2n) is 7.03. The molecule has 6 nitrogen and oxygen atoms in total. The summed E-state index contributed by atoms with van der Waals surface area (Å²) in [6, 6.07) is 9.94. The number of amides is 2. The predicted octanol–water partition coefficient (Wildman–Crippen LogP) is 3.01. The van der Waals surface area contributed by atoms with Crippen LogP contribution >= 0.6 is 0 Å². The predicted molar refractivity (Wildman–Crippen MR) is 105 cm³/mol. The van der Waals surface area contributed by atoms with Crippen molar-refractivity contribution in [3.05, 3.63) is 59.9 Å². The van der Waals surface area contributed by atoms with E-state index in [9.17, 15) is 27.2 Å². The molecule has 1 N–H and O–H groups in total. The molecule has 0 atom stereocenters. The summed E-state index contributed by atoms with van der Waals surface area (Å²) in [5.41, 5.74) is -0.479. The summed E-state index contributed by atoms with van der Waals surface area (Å²) in [4.78, 5) is 27.8. The van der Waals surface area contributed by atoms with Crippen molar-refractivity contribution < 1.29 is 31.9 Å². The number of piperazine rings is 1. The number of halogens is 4. The van der Waals surface area contributed by atoms with E-state index in [1.54, 1.807) is 6.07 Å². The molecule has 1 saturated heterocycles. The van der Waals surface area contributed by atoms with E-state index in [0.29, 0.717) is 31.9 Å². The molecule has 2 aromatic carbocycles. The molecule has 3 rings (SSSR count). The van der Waals surface area contributed by atoms with Gasteiger partial charge in [-0.2, -0.15) is 13.2 Å². The lowest BCUT2D eigenvalue weighted by molar-refractivity contribution is -0.137. The van der Waals surface area contributed by atoms with Crippen LogP contribution in [0, 0.1) is 5.82 Å². The minimum Gasteiger partial charge on any atom is -0.484 e. The molecule has 1 aliphatic rings. The molecule has 1 aliphatic heterocycles. The summed E-state index contributed by atoms with van der Waals surface area (Å²) < 4.78 is 56.6. The molecule has 1 fully saturated rings. The molecule has 10 heteroatoms. The standard InChI is InChI=1S/C21H21F4N3O3/c22-16-4-2-5-17(12-16)26-19(29)13-27-7-9-28(10-8-27)20(30)14-31-18-6-1-3-15(11-18)21(23,24)25/h1-6,11-12H,7-10,13-14H2,(H,26,29). The summed E-state index contributed by atoms with van der Waals surface area (Å²) in [6.45, 7) is 1.34. The highest BCUT2D eigenvalue weighted by molar-refractivity contribution is 5.92. The van der Waals surface area contributed by atoms with Crippen LogP contribution in [0.25, 0.3) is 0 Å². The molecule has 0 spiro atoms. The third-order valence-electron chi connectivity index (χ3n) is 4.72. The van der Waals surface area contributed by atoms with E-state index in [4.69, 9.17) is 4.74 Å². The summed E-state index contributed by atoms with van der Waals surface area (Å²) in [6.07, 6.45) is -4.49. The highest BCUT2D eigenvalue weighted by atomic mass is 19.4. The van der Waals surface area contributed by atoms with Gasteiger partial charge in [-0.05, 0) is 36.4 Å². The van der Waals surface area contributed by atoms with Gasteiger partial charge in [0, 0.05) is 31.9 Å². The van der Waals surface area contributed by atoms with Crippen LogP contribution in [-0.2, 0) is 15.8 Å². The highest BCUT2D eigenvalue weighted by Gasteiger charge is 2.30. The number of alkyl halides is 3. The van der Waals surface area contributed by atoms with Gasteiger partial charge in [0.05, 0.1) is 12.1 Å². The first-order valence-corrected chi connectivity index (χ1v) is 9.56. The smallest absolute Gasteiger partial charge is 0.416 e. The Labute approximate surface area is 176 Å². The zero-order chi connectivity index (χ0) is 22.4. The molecule has 31 heavy (non-hydrogen) atoms. The number of nitrogens with one attached hydrogen (secondary N) is 1. The van der Waals surface area contributed by atoms with Crippen LogP contribution in [0.1, 0.15) is 5.56 Å². The van der Waals surface area contributed by atoms with Gasteiger partial charge < -0.3 is 15.0 Å². The molecule has 0 saturated carbocycles. The van der Waals surface area contributed by atoms with Gasteiger partial charge in [-0.25, -0.2) is 4.39 Å². The molecule has 2 aromatic rings. The number of hydrogen-bond donors (Lipinski definition) is 1. The van der Waals surface area contributed by atoms with Gasteiger partial charge in [-0.15, -0.1) is 0 Å². The first-order chi connectivity index (χ1) is 14.7. The van der Waals surface area contributed by atoms with Crippen molar-refractivity contribution in [3.63, 3.8) is 0 Å². The van der Waals surface area contributed by atoms with E-state index in [1.807, 2.05) is 4.90 Å². The quantitative estimate of drug-likeness (QED) is 0.703. The SMILES string of the molecule is O=C(CN1CCN(C(=O)COc2cccc(C(F)(F)F)c2)CC1)Nc1cccc(F)c1. The van der Waals surface area contributed by atoms with Gasteiger partial charge in [0.2, 0.25) is 5.91 Å². The van der Waals surface area contributed by atoms with Crippen molar-refractivity contribution in [1.29, 1.82) is 0 Å². The average Bonchev–Trinajstić information content (AvgIpc) is 2.72. The molecule has 0 aromatic heterocycles. The number of nitrogens with zero attached hydrogens (tertiary/aromatic N) is 2. The van der Waals surface area contributed by atoms with Gasteiger partial charge in [-0.1, -0.05) is 12.1 Å². The zero-order valence-electron chi connectivity index (χ0n) is 16.5. The maximum absolute atomic E-state index is 13.2. The summed E-state index contributed by atoms with van der Waals surface area (Å²) in [7, 11) is 0. The van der Waals surface area contributed by atoms with Gasteiger partial charge >= 0.3 is 6.18 Å². The van der Waals surface area contributed by atoms with Crippen LogP contribution in [0.3, 0.4) is 0 Å². The minimum absolute atomic E-state index is 0.0316. The third-order valence-corrected chi connectivity index (χ3v) is 4.72. The Morgan fingerprint density at radius 2 is 1.71 bits per heavy atom. The molecule has 0 unspecified atom stereocenters. The Morgan fingerprint density at radius 3 is 2.39 bits per heavy atom. The Kier molecular flexibility index (Phi) is 7.11. The van der Waals surface area contributed by atoms with Crippen LogP contribution in [0.2, 0.25) is 0 Å². The van der Waals surface area contributed by atoms with E-state index < -0.39 is 17.6 Å². The molecular formula is C21H21F4N3O3. The maximum atomic E-state index is 13.2. The molecule has 0 radical (unpaired) electrons. The lowest BCUT2D eigenvalue weighted by atomic mass is 10.2. The first-order valence-electron chi connectivity index (χ1n) is 9.56. The van der Waals surface area contributed by atoms with E-state index in [2.05, 4.69) is 5.32 Å². The molecule has 0 aliphatic carbocycles. The lowest BCUT2D eigenvalue weighted by Gasteiger charge is -2.34. The Hall–Kier alpha value is -3.14. The van der Waals surface area contributed by atoms with Gasteiger partial charge in [0.1, 0.15) is 11.6 Å². The van der Waals surface area contributed by atoms with E-state index in [1.165, 1.54) is 35.2 Å². The second-order valence-corrected chi connectivity index (χ2v) is 7.03. The highest BCUT2D eigenvalue weighted by Crippen LogP contribution is 2.31. The minimum atomic E-state index is -4.49. The monoisotopic (exact) mass is 439 g/mol. The zero-order valence-corrected chi connectivity index (χ0v) is 16.5. The fraction of sp³-hybridized carbons (Fsp3) is 0.333. The normalized spacial score (nSPS) is 14.9. The van der Waals surface area contributed by atoms with Crippen molar-refractivity contribution in [2.75, 3.05) is 44.6 Å². The Balaban J connectivity index is 1.42. The van der Waals surface area contributed by atoms with Crippen molar-refractivity contribution in [3.8, 4) is 5.75 Å². The second kappa shape index (κ2) is 9.78. The first kappa shape index (κ1) is 22.5. The number of carbonyl (C=O) groups excluding carboxylic acids is 2. The molecular weight excluding hydrogens is 418 g/mol. The fourth-order valence-corrected chi connectivity index (χ4v) is 3.12. The number of carbonyl (C=O) groups is 2. The largest absolute Gasteiger partial charge is 0.484 e.